The molecule has 1 aliphatic rings. The second kappa shape index (κ2) is 2.65. The fraction of sp³-hybridized carbons (Fsp3) is 1.00. The van der Waals surface area contributed by atoms with Crippen LogP contribution < -0.4 is 0 Å². The number of hydrogen-bond donors (Lipinski definition) is 0. The Morgan fingerprint density at radius 1 is 0.833 bits per heavy atom. The van der Waals surface area contributed by atoms with Crippen molar-refractivity contribution in [2.45, 2.75) is 52.0 Å². The van der Waals surface area contributed by atoms with E-state index in [2.05, 4.69) is 41.5 Å². The molecule has 0 saturated carbocycles. The van der Waals surface area contributed by atoms with Crippen LogP contribution in [0.15, 0.2) is 0 Å². The topological polar surface area (TPSA) is 23.1 Å². The zero-order valence-corrected chi connectivity index (χ0v) is 9.79. The first kappa shape index (κ1) is 10.4. The van der Waals surface area contributed by atoms with Crippen LogP contribution in [0.3, 0.4) is 0 Å². The van der Waals surface area contributed by atoms with Gasteiger partial charge < -0.3 is 4.55 Å². The summed E-state index contributed by atoms with van der Waals surface area (Å²) in [4.78, 5) is 0. The molecular weight excluding hydrogens is 168 g/mol. The third-order valence-corrected chi connectivity index (χ3v) is 5.05. The molecule has 12 heavy (non-hydrogen) atoms. The Balaban J connectivity index is 2.67. The van der Waals surface area contributed by atoms with E-state index in [1.807, 2.05) is 0 Å². The average Bonchev–Trinajstić information content (AvgIpc) is 2.35. The summed E-state index contributed by atoms with van der Waals surface area (Å²) in [6.07, 6.45) is 0. The van der Waals surface area contributed by atoms with E-state index in [9.17, 15) is 4.55 Å². The maximum absolute atomic E-state index is 11.6. The minimum absolute atomic E-state index is 0.211. The summed E-state index contributed by atoms with van der Waals surface area (Å²) in [7, 11) is 0. The summed E-state index contributed by atoms with van der Waals surface area (Å²) in [6, 6.07) is 0. The molecule has 1 rings (SSSR count). The highest BCUT2D eigenvalue weighted by molar-refractivity contribution is 8.00. The molecule has 0 spiro atoms. The van der Waals surface area contributed by atoms with Crippen LogP contribution >= 0.6 is 0 Å². The molecule has 0 aromatic rings. The normalized spacial score (nSPS) is 36.8. The zero-order chi connectivity index (χ0) is 9.73. The summed E-state index contributed by atoms with van der Waals surface area (Å²) in [5.41, 5.74) is 0.422. The predicted octanol–water partition coefficient (Wildman–Crippen LogP) is 2.58. The first-order chi connectivity index (χ1) is 5.15. The summed E-state index contributed by atoms with van der Waals surface area (Å²) in [5, 5.41) is 0.829. The van der Waals surface area contributed by atoms with Gasteiger partial charge in [0.1, 0.15) is 0 Å². The molecule has 1 heterocycles. The second-order valence-corrected chi connectivity index (χ2v) is 7.57. The van der Waals surface area contributed by atoms with Crippen LogP contribution in [-0.4, -0.2) is 15.1 Å². The quantitative estimate of drug-likeness (QED) is 0.423. The highest BCUT2D eigenvalue weighted by Crippen LogP contribution is 2.52. The van der Waals surface area contributed by atoms with Crippen LogP contribution in [0.25, 0.3) is 0 Å². The number of rotatable bonds is 0. The van der Waals surface area contributed by atoms with Crippen molar-refractivity contribution in [3.05, 3.63) is 0 Å². The first-order valence-electron chi connectivity index (χ1n) is 4.55. The Bertz CT molecular complexity index is 155. The van der Waals surface area contributed by atoms with E-state index in [1.54, 1.807) is 0 Å². The highest BCUT2D eigenvalue weighted by atomic mass is 32.2. The lowest BCUT2D eigenvalue weighted by atomic mass is 9.81. The Morgan fingerprint density at radius 2 is 1.08 bits per heavy atom. The van der Waals surface area contributed by atoms with E-state index in [4.69, 9.17) is 0 Å². The average molecular weight is 188 g/mol. The molecule has 2 atom stereocenters. The molecule has 1 nitrogen and oxygen atoms in total. The van der Waals surface area contributed by atoms with Crippen molar-refractivity contribution in [1.29, 1.82) is 0 Å². The van der Waals surface area contributed by atoms with Gasteiger partial charge in [0.2, 0.25) is 0 Å². The Labute approximate surface area is 79.1 Å². The highest BCUT2D eigenvalue weighted by Gasteiger charge is 2.66. The maximum atomic E-state index is 11.6. The van der Waals surface area contributed by atoms with Crippen LogP contribution in [0.5, 0.6) is 0 Å². The Hall–Kier alpha value is 0.310. The van der Waals surface area contributed by atoms with E-state index in [0.717, 1.165) is 0 Å². The van der Waals surface area contributed by atoms with Gasteiger partial charge in [-0.2, -0.15) is 0 Å². The van der Waals surface area contributed by atoms with Gasteiger partial charge in [-0.15, -0.1) is 0 Å². The molecule has 1 saturated heterocycles. The summed E-state index contributed by atoms with van der Waals surface area (Å²) >= 11 is -0.576. The number of hydrogen-bond acceptors (Lipinski definition) is 1. The predicted molar refractivity (Wildman–Crippen MR) is 54.6 cm³/mol. The van der Waals surface area contributed by atoms with Crippen molar-refractivity contribution in [1.82, 2.24) is 0 Å². The van der Waals surface area contributed by atoms with Crippen molar-refractivity contribution in [3.63, 3.8) is 0 Å². The van der Waals surface area contributed by atoms with E-state index < -0.39 is 11.2 Å². The van der Waals surface area contributed by atoms with Crippen LogP contribution in [0.2, 0.25) is 0 Å². The minimum atomic E-state index is -0.576. The van der Waals surface area contributed by atoms with E-state index in [-0.39, 0.29) is 10.8 Å². The van der Waals surface area contributed by atoms with Gasteiger partial charge in [-0.1, -0.05) is 41.5 Å². The van der Waals surface area contributed by atoms with Gasteiger partial charge in [-0.05, 0) is 11.2 Å². The first-order valence-corrected chi connectivity index (χ1v) is 5.82. The van der Waals surface area contributed by atoms with E-state index in [0.29, 0.717) is 10.5 Å². The van der Waals surface area contributed by atoms with Crippen molar-refractivity contribution in [3.8, 4) is 0 Å². The third-order valence-electron chi connectivity index (χ3n) is 2.41. The van der Waals surface area contributed by atoms with Gasteiger partial charge in [-0.25, -0.2) is 0 Å². The van der Waals surface area contributed by atoms with Crippen LogP contribution in [0, 0.1) is 10.8 Å². The van der Waals surface area contributed by atoms with Gasteiger partial charge in [0.25, 0.3) is 0 Å². The lowest BCUT2D eigenvalue weighted by molar-refractivity contribution is 0.335. The molecule has 0 amide bonds. The summed E-state index contributed by atoms with van der Waals surface area (Å²) in [5.74, 6) is 0. The summed E-state index contributed by atoms with van der Waals surface area (Å²) in [6.45, 7) is 13.1. The van der Waals surface area contributed by atoms with Gasteiger partial charge in [-0.3, -0.25) is 0 Å². The lowest BCUT2D eigenvalue weighted by Gasteiger charge is -2.16. The second-order valence-electron chi connectivity index (χ2n) is 5.90. The van der Waals surface area contributed by atoms with Gasteiger partial charge in [0, 0.05) is 10.8 Å². The van der Waals surface area contributed by atoms with E-state index >= 15 is 0 Å². The fourth-order valence-corrected chi connectivity index (χ4v) is 4.52. The van der Waals surface area contributed by atoms with Crippen LogP contribution in [0.1, 0.15) is 41.5 Å². The van der Waals surface area contributed by atoms with Gasteiger partial charge >= 0.3 is 0 Å². The molecular formula is C10H20OS. The monoisotopic (exact) mass is 188 g/mol. The zero-order valence-electron chi connectivity index (χ0n) is 8.97. The largest absolute Gasteiger partial charge is 0.616 e. The smallest absolute Gasteiger partial charge is 0.168 e. The molecule has 2 unspecified atom stereocenters. The van der Waals surface area contributed by atoms with Crippen molar-refractivity contribution in [2.75, 3.05) is 0 Å². The molecule has 1 fully saturated rings. The van der Waals surface area contributed by atoms with Crippen molar-refractivity contribution >= 4 is 11.2 Å². The standard InChI is InChI=1S/C10H20OS/c1-9(2,3)7-8(12(7)11)10(4,5)6/h7-8H,1-6H3. The van der Waals surface area contributed by atoms with Gasteiger partial charge in [0.05, 0.1) is 0 Å². The molecule has 1 aliphatic heterocycles. The molecule has 0 N–H and O–H groups in total. The summed E-state index contributed by atoms with van der Waals surface area (Å²) < 4.78 is 11.6. The van der Waals surface area contributed by atoms with Gasteiger partial charge in [0.15, 0.2) is 10.5 Å². The fourth-order valence-electron chi connectivity index (χ4n) is 1.80. The lowest BCUT2D eigenvalue weighted by Crippen LogP contribution is -2.23. The molecule has 0 aliphatic carbocycles. The molecule has 0 bridgehead atoms. The maximum Gasteiger partial charge on any atom is 0.168 e. The molecule has 0 aromatic heterocycles. The van der Waals surface area contributed by atoms with Crippen LogP contribution in [0.4, 0.5) is 0 Å². The molecule has 72 valence electrons. The third kappa shape index (κ3) is 1.80. The minimum Gasteiger partial charge on any atom is -0.616 e. The Morgan fingerprint density at radius 3 is 1.17 bits per heavy atom. The Kier molecular flexibility index (Phi) is 2.29. The van der Waals surface area contributed by atoms with Crippen LogP contribution in [-0.2, 0) is 11.2 Å². The molecule has 0 aromatic carbocycles. The molecule has 2 heteroatoms. The van der Waals surface area contributed by atoms with E-state index in [1.165, 1.54) is 0 Å². The SMILES string of the molecule is CC(C)(C)C1C(C(C)(C)C)[S+]1[O-]. The van der Waals surface area contributed by atoms with Crippen molar-refractivity contribution < 1.29 is 4.55 Å². The van der Waals surface area contributed by atoms with Crippen molar-refractivity contribution in [2.24, 2.45) is 10.8 Å². The molecule has 0 radical (unpaired) electrons.